The zero-order chi connectivity index (χ0) is 11.7. The van der Waals surface area contributed by atoms with Gasteiger partial charge in [0, 0.05) is 19.0 Å². The lowest BCUT2D eigenvalue weighted by Crippen LogP contribution is -2.50. The first-order chi connectivity index (χ1) is 7.58. The number of carbonyl (C=O) groups is 1. The molecule has 0 aromatic carbocycles. The summed E-state index contributed by atoms with van der Waals surface area (Å²) in [5, 5.41) is 9.91. The van der Waals surface area contributed by atoms with Crippen molar-refractivity contribution in [2.45, 2.75) is 44.8 Å². The monoisotopic (exact) mass is 226 g/mol. The van der Waals surface area contributed by atoms with E-state index < -0.39 is 6.04 Å². The Hall–Kier alpha value is -0.610. The molecule has 0 aromatic heterocycles. The second kappa shape index (κ2) is 4.72. The number of piperidine rings is 1. The molecular weight excluding hydrogens is 204 g/mol. The summed E-state index contributed by atoms with van der Waals surface area (Å²) in [5.41, 5.74) is 5.61. The first kappa shape index (κ1) is 11.9. The summed E-state index contributed by atoms with van der Waals surface area (Å²) >= 11 is 0. The largest absolute Gasteiger partial charge is 0.393 e. The van der Waals surface area contributed by atoms with Crippen LogP contribution in [0.25, 0.3) is 0 Å². The number of hydrogen-bond acceptors (Lipinski definition) is 3. The Kier molecular flexibility index (Phi) is 3.50. The van der Waals surface area contributed by atoms with Gasteiger partial charge in [-0.3, -0.25) is 4.79 Å². The first-order valence-electron chi connectivity index (χ1n) is 6.30. The summed E-state index contributed by atoms with van der Waals surface area (Å²) in [5.74, 6) is 1.08. The summed E-state index contributed by atoms with van der Waals surface area (Å²) < 4.78 is 0. The molecule has 2 fully saturated rings. The van der Waals surface area contributed by atoms with Crippen molar-refractivity contribution in [1.29, 1.82) is 0 Å². The molecule has 0 radical (unpaired) electrons. The van der Waals surface area contributed by atoms with E-state index in [1.54, 1.807) is 6.92 Å². The van der Waals surface area contributed by atoms with Crippen LogP contribution in [0.5, 0.6) is 0 Å². The molecule has 1 amide bonds. The lowest BCUT2D eigenvalue weighted by atomic mass is 9.89. The van der Waals surface area contributed by atoms with E-state index in [4.69, 9.17) is 5.73 Å². The zero-order valence-electron chi connectivity index (χ0n) is 9.93. The first-order valence-corrected chi connectivity index (χ1v) is 6.30. The van der Waals surface area contributed by atoms with Crippen molar-refractivity contribution in [3.63, 3.8) is 0 Å². The van der Waals surface area contributed by atoms with Crippen LogP contribution in [0.3, 0.4) is 0 Å². The van der Waals surface area contributed by atoms with Crippen molar-refractivity contribution in [3.05, 3.63) is 0 Å². The maximum atomic E-state index is 11.8. The van der Waals surface area contributed by atoms with Gasteiger partial charge in [-0.1, -0.05) is 12.8 Å². The van der Waals surface area contributed by atoms with Gasteiger partial charge < -0.3 is 15.7 Å². The quantitative estimate of drug-likeness (QED) is 0.729. The Morgan fingerprint density at radius 2 is 2.19 bits per heavy atom. The fourth-order valence-corrected chi connectivity index (χ4v) is 2.52. The Bertz CT molecular complexity index is 264. The number of aliphatic hydroxyl groups excluding tert-OH is 1. The van der Waals surface area contributed by atoms with E-state index in [-0.39, 0.29) is 17.9 Å². The SMILES string of the molecule is C[C@H](N)C(=O)N1CC[C@@H](O)[C@@H](CC2CC2)C1. The molecule has 2 rings (SSSR count). The Balaban J connectivity index is 1.90. The average molecular weight is 226 g/mol. The number of aliphatic hydroxyl groups is 1. The third-order valence-corrected chi connectivity index (χ3v) is 3.73. The van der Waals surface area contributed by atoms with E-state index in [0.717, 1.165) is 12.3 Å². The zero-order valence-corrected chi connectivity index (χ0v) is 9.93. The van der Waals surface area contributed by atoms with E-state index in [0.29, 0.717) is 19.5 Å². The number of nitrogens with zero attached hydrogens (tertiary/aromatic N) is 1. The average Bonchev–Trinajstić information content (AvgIpc) is 3.04. The predicted molar refractivity (Wildman–Crippen MR) is 61.7 cm³/mol. The van der Waals surface area contributed by atoms with Gasteiger partial charge >= 0.3 is 0 Å². The van der Waals surface area contributed by atoms with Crippen LogP contribution >= 0.6 is 0 Å². The topological polar surface area (TPSA) is 66.6 Å². The van der Waals surface area contributed by atoms with E-state index in [9.17, 15) is 9.90 Å². The summed E-state index contributed by atoms with van der Waals surface area (Å²) in [4.78, 5) is 13.6. The minimum absolute atomic E-state index is 0.0210. The maximum absolute atomic E-state index is 11.8. The lowest BCUT2D eigenvalue weighted by molar-refractivity contribution is -0.136. The van der Waals surface area contributed by atoms with Gasteiger partial charge in [0.05, 0.1) is 12.1 Å². The fourth-order valence-electron chi connectivity index (χ4n) is 2.52. The van der Waals surface area contributed by atoms with Crippen molar-refractivity contribution in [1.82, 2.24) is 4.90 Å². The normalized spacial score (nSPS) is 32.6. The second-order valence-electron chi connectivity index (χ2n) is 5.37. The molecule has 3 N–H and O–H groups in total. The number of carbonyl (C=O) groups excluding carboxylic acids is 1. The number of nitrogens with two attached hydrogens (primary N) is 1. The van der Waals surface area contributed by atoms with Crippen molar-refractivity contribution < 1.29 is 9.90 Å². The molecule has 3 atom stereocenters. The molecule has 4 nitrogen and oxygen atoms in total. The van der Waals surface area contributed by atoms with Gasteiger partial charge in [-0.15, -0.1) is 0 Å². The highest BCUT2D eigenvalue weighted by Gasteiger charge is 2.35. The Morgan fingerprint density at radius 3 is 2.75 bits per heavy atom. The minimum atomic E-state index is -0.420. The summed E-state index contributed by atoms with van der Waals surface area (Å²) in [6.07, 6.45) is 4.15. The van der Waals surface area contributed by atoms with Crippen LogP contribution in [0.4, 0.5) is 0 Å². The van der Waals surface area contributed by atoms with Crippen LogP contribution < -0.4 is 5.73 Å². The Labute approximate surface area is 96.8 Å². The molecule has 0 unspecified atom stereocenters. The highest BCUT2D eigenvalue weighted by Crippen LogP contribution is 2.37. The van der Waals surface area contributed by atoms with Crippen LogP contribution in [-0.2, 0) is 4.79 Å². The molecule has 1 saturated carbocycles. The number of rotatable bonds is 3. The molecule has 4 heteroatoms. The highest BCUT2D eigenvalue weighted by atomic mass is 16.3. The number of hydrogen-bond donors (Lipinski definition) is 2. The molecule has 1 saturated heterocycles. The molecule has 16 heavy (non-hydrogen) atoms. The third-order valence-electron chi connectivity index (χ3n) is 3.73. The van der Waals surface area contributed by atoms with E-state index >= 15 is 0 Å². The minimum Gasteiger partial charge on any atom is -0.393 e. The summed E-state index contributed by atoms with van der Waals surface area (Å²) in [6.45, 7) is 3.07. The van der Waals surface area contributed by atoms with Crippen LogP contribution in [0, 0.1) is 11.8 Å². The molecule has 1 heterocycles. The standard InChI is InChI=1S/C12H22N2O2/c1-8(13)12(16)14-5-4-11(15)10(7-14)6-9-2-3-9/h8-11,15H,2-7,13H2,1H3/t8-,10-,11+/m0/s1. The molecule has 2 aliphatic rings. The van der Waals surface area contributed by atoms with Gasteiger partial charge in [0.1, 0.15) is 0 Å². The molecule has 0 aromatic rings. The van der Waals surface area contributed by atoms with Crippen molar-refractivity contribution in [2.24, 2.45) is 17.6 Å². The van der Waals surface area contributed by atoms with Gasteiger partial charge in [0.15, 0.2) is 0 Å². The van der Waals surface area contributed by atoms with Crippen molar-refractivity contribution >= 4 is 5.91 Å². The summed E-state index contributed by atoms with van der Waals surface area (Å²) in [6, 6.07) is -0.420. The predicted octanol–water partition coefficient (Wildman–Crippen LogP) is 0.343. The van der Waals surface area contributed by atoms with Crippen LogP contribution in [0.1, 0.15) is 32.6 Å². The van der Waals surface area contributed by atoms with Gasteiger partial charge in [0.2, 0.25) is 5.91 Å². The van der Waals surface area contributed by atoms with Gasteiger partial charge in [-0.25, -0.2) is 0 Å². The molecule has 1 aliphatic heterocycles. The van der Waals surface area contributed by atoms with Crippen LogP contribution in [0.2, 0.25) is 0 Å². The Morgan fingerprint density at radius 1 is 1.50 bits per heavy atom. The maximum Gasteiger partial charge on any atom is 0.239 e. The summed E-state index contributed by atoms with van der Waals surface area (Å²) in [7, 11) is 0. The molecule has 0 bridgehead atoms. The van der Waals surface area contributed by atoms with E-state index in [1.165, 1.54) is 12.8 Å². The number of amides is 1. The second-order valence-corrected chi connectivity index (χ2v) is 5.37. The highest BCUT2D eigenvalue weighted by molar-refractivity contribution is 5.81. The van der Waals surface area contributed by atoms with Crippen LogP contribution in [-0.4, -0.2) is 41.1 Å². The van der Waals surface area contributed by atoms with E-state index in [2.05, 4.69) is 0 Å². The third kappa shape index (κ3) is 2.74. The van der Waals surface area contributed by atoms with Gasteiger partial charge in [-0.05, 0) is 25.7 Å². The lowest BCUT2D eigenvalue weighted by Gasteiger charge is -2.37. The number of likely N-dealkylation sites (tertiary alicyclic amines) is 1. The van der Waals surface area contributed by atoms with Crippen molar-refractivity contribution in [3.8, 4) is 0 Å². The van der Waals surface area contributed by atoms with Gasteiger partial charge in [0.25, 0.3) is 0 Å². The molecule has 1 aliphatic carbocycles. The van der Waals surface area contributed by atoms with Crippen molar-refractivity contribution in [2.75, 3.05) is 13.1 Å². The van der Waals surface area contributed by atoms with Crippen LogP contribution in [0.15, 0.2) is 0 Å². The molecule has 92 valence electrons. The fraction of sp³-hybridized carbons (Fsp3) is 0.917. The smallest absolute Gasteiger partial charge is 0.239 e. The molecule has 0 spiro atoms. The van der Waals surface area contributed by atoms with E-state index in [1.807, 2.05) is 4.90 Å². The van der Waals surface area contributed by atoms with Gasteiger partial charge in [-0.2, -0.15) is 0 Å². The molecular formula is C12H22N2O2.